The van der Waals surface area contributed by atoms with Crippen molar-refractivity contribution in [2.45, 2.75) is 6.54 Å². The van der Waals surface area contributed by atoms with Crippen LogP contribution in [0.25, 0.3) is 5.82 Å². The first-order valence-corrected chi connectivity index (χ1v) is 7.42. The summed E-state index contributed by atoms with van der Waals surface area (Å²) < 4.78 is 3.78. The molecule has 3 aromatic rings. The molecule has 0 fully saturated rings. The molecule has 0 saturated heterocycles. The van der Waals surface area contributed by atoms with Crippen LogP contribution < -0.4 is 16.6 Å². The van der Waals surface area contributed by atoms with Crippen molar-refractivity contribution in [1.29, 1.82) is 5.26 Å². The van der Waals surface area contributed by atoms with Crippen LogP contribution in [0.1, 0.15) is 11.1 Å². The van der Waals surface area contributed by atoms with Gasteiger partial charge in [-0.15, -0.1) is 0 Å². The smallest absolute Gasteiger partial charge is 0.332 e. The van der Waals surface area contributed by atoms with Gasteiger partial charge in [0.1, 0.15) is 11.9 Å². The summed E-state index contributed by atoms with van der Waals surface area (Å²) in [5.41, 5.74) is -0.405. The first-order chi connectivity index (χ1) is 12.0. The molecule has 0 spiro atoms. The third kappa shape index (κ3) is 2.92. The molecule has 3 aromatic heterocycles. The van der Waals surface area contributed by atoms with Gasteiger partial charge < -0.3 is 5.32 Å². The van der Waals surface area contributed by atoms with Gasteiger partial charge in [0.2, 0.25) is 0 Å². The molecule has 1 N–H and O–H groups in total. The lowest BCUT2D eigenvalue weighted by Crippen LogP contribution is -2.39. The summed E-state index contributed by atoms with van der Waals surface area (Å²) in [6, 6.07) is 7.31. The molecule has 0 aliphatic carbocycles. The van der Waals surface area contributed by atoms with Crippen LogP contribution in [0.2, 0.25) is 0 Å². The molecule has 0 unspecified atom stereocenters. The predicted octanol–water partition coefficient (Wildman–Crippen LogP) is 0.148. The number of nitrogens with zero attached hydrogens (tertiary/aromatic N) is 6. The summed E-state index contributed by atoms with van der Waals surface area (Å²) in [6.45, 7) is 0.307. The van der Waals surface area contributed by atoms with Gasteiger partial charge in [0.15, 0.2) is 11.4 Å². The fraction of sp³-hybridized carbons (Fsp3) is 0.188. The topological polar surface area (TPSA) is 111 Å². The van der Waals surface area contributed by atoms with E-state index in [9.17, 15) is 14.9 Å². The van der Waals surface area contributed by atoms with E-state index in [4.69, 9.17) is 0 Å². The molecule has 0 radical (unpaired) electrons. The van der Waals surface area contributed by atoms with Gasteiger partial charge in [-0.2, -0.15) is 10.4 Å². The first-order valence-electron chi connectivity index (χ1n) is 7.42. The SMILES string of the molecule is Cn1c(NCc2ccc(-n3cccn3)nc2)c(C#N)c(=O)n(C)c1=O. The van der Waals surface area contributed by atoms with E-state index in [2.05, 4.69) is 15.4 Å². The largest absolute Gasteiger partial charge is 0.366 e. The van der Waals surface area contributed by atoms with E-state index >= 15 is 0 Å². The maximum absolute atomic E-state index is 12.0. The van der Waals surface area contributed by atoms with Crippen molar-refractivity contribution >= 4 is 5.82 Å². The average molecular weight is 337 g/mol. The van der Waals surface area contributed by atoms with Crippen molar-refractivity contribution in [2.24, 2.45) is 14.1 Å². The Bertz CT molecular complexity index is 1050. The standard InChI is InChI=1S/C16H15N7O2/c1-21-14(12(8-17)15(24)22(2)16(21)25)19-10-11-4-5-13(18-9-11)23-7-3-6-20-23/h3-7,9,19H,10H2,1-2H3. The minimum absolute atomic E-state index is 0.106. The second-order valence-electron chi connectivity index (χ2n) is 5.37. The Labute approximate surface area is 142 Å². The Morgan fingerprint density at radius 2 is 2.04 bits per heavy atom. The number of nitriles is 1. The van der Waals surface area contributed by atoms with Crippen LogP contribution in [0.3, 0.4) is 0 Å². The summed E-state index contributed by atoms with van der Waals surface area (Å²) >= 11 is 0. The highest BCUT2D eigenvalue weighted by atomic mass is 16.2. The van der Waals surface area contributed by atoms with Gasteiger partial charge in [-0.05, 0) is 17.7 Å². The summed E-state index contributed by atoms with van der Waals surface area (Å²) in [7, 11) is 2.84. The Hall–Kier alpha value is -3.67. The van der Waals surface area contributed by atoms with Gasteiger partial charge in [-0.3, -0.25) is 13.9 Å². The quantitative estimate of drug-likeness (QED) is 0.725. The molecular weight excluding hydrogens is 322 g/mol. The van der Waals surface area contributed by atoms with E-state index in [0.717, 1.165) is 10.1 Å². The number of rotatable bonds is 4. The lowest BCUT2D eigenvalue weighted by atomic mass is 10.2. The number of aromatic nitrogens is 5. The minimum atomic E-state index is -0.625. The van der Waals surface area contributed by atoms with Gasteiger partial charge in [-0.1, -0.05) is 6.07 Å². The van der Waals surface area contributed by atoms with E-state index < -0.39 is 11.2 Å². The molecule has 9 nitrogen and oxygen atoms in total. The molecule has 9 heteroatoms. The van der Waals surface area contributed by atoms with Crippen LogP contribution in [0.15, 0.2) is 46.4 Å². The van der Waals surface area contributed by atoms with Crippen molar-refractivity contribution in [1.82, 2.24) is 23.9 Å². The molecular formula is C16H15N7O2. The number of nitrogens with one attached hydrogen (secondary N) is 1. The van der Waals surface area contributed by atoms with Crippen LogP contribution in [0.5, 0.6) is 0 Å². The van der Waals surface area contributed by atoms with Gasteiger partial charge in [0.25, 0.3) is 5.56 Å². The number of pyridine rings is 1. The molecule has 0 aliphatic heterocycles. The van der Waals surface area contributed by atoms with Gasteiger partial charge in [0, 0.05) is 39.2 Å². The minimum Gasteiger partial charge on any atom is -0.366 e. The van der Waals surface area contributed by atoms with E-state index in [-0.39, 0.29) is 11.4 Å². The molecule has 0 atom stereocenters. The summed E-state index contributed by atoms with van der Waals surface area (Å²) in [5.74, 6) is 0.860. The zero-order valence-corrected chi connectivity index (χ0v) is 13.7. The third-order valence-electron chi connectivity index (χ3n) is 3.78. The fourth-order valence-corrected chi connectivity index (χ4v) is 2.40. The molecule has 0 bridgehead atoms. The van der Waals surface area contributed by atoms with Crippen LogP contribution in [0, 0.1) is 11.3 Å². The Morgan fingerprint density at radius 3 is 2.64 bits per heavy atom. The molecule has 3 heterocycles. The number of hydrogen-bond acceptors (Lipinski definition) is 6. The predicted molar refractivity (Wildman–Crippen MR) is 90.3 cm³/mol. The normalized spacial score (nSPS) is 10.4. The maximum Gasteiger partial charge on any atom is 0.332 e. The zero-order valence-electron chi connectivity index (χ0n) is 13.7. The molecule has 0 amide bonds. The first kappa shape index (κ1) is 16.2. The van der Waals surface area contributed by atoms with Crippen molar-refractivity contribution in [3.8, 4) is 11.9 Å². The molecule has 126 valence electrons. The number of hydrogen-bond donors (Lipinski definition) is 1. The molecule has 25 heavy (non-hydrogen) atoms. The third-order valence-corrected chi connectivity index (χ3v) is 3.78. The molecule has 0 saturated carbocycles. The summed E-state index contributed by atoms with van der Waals surface area (Å²) in [5, 5.41) is 16.3. The van der Waals surface area contributed by atoms with E-state index in [1.54, 1.807) is 35.4 Å². The van der Waals surface area contributed by atoms with E-state index in [1.165, 1.54) is 18.7 Å². The van der Waals surface area contributed by atoms with Gasteiger partial charge >= 0.3 is 5.69 Å². The Balaban J connectivity index is 1.86. The van der Waals surface area contributed by atoms with Gasteiger partial charge in [-0.25, -0.2) is 14.5 Å². The lowest BCUT2D eigenvalue weighted by molar-refractivity contribution is 0.685. The van der Waals surface area contributed by atoms with E-state index in [1.807, 2.05) is 12.1 Å². The van der Waals surface area contributed by atoms with Crippen LogP contribution >= 0.6 is 0 Å². The van der Waals surface area contributed by atoms with Crippen LogP contribution in [-0.4, -0.2) is 23.9 Å². The Kier molecular flexibility index (Phi) is 4.18. The van der Waals surface area contributed by atoms with Crippen molar-refractivity contribution < 1.29 is 0 Å². The molecule has 0 aromatic carbocycles. The summed E-state index contributed by atoms with van der Waals surface area (Å²) in [6.07, 6.45) is 5.11. The lowest BCUT2D eigenvalue weighted by Gasteiger charge is -2.13. The highest BCUT2D eigenvalue weighted by Crippen LogP contribution is 2.10. The monoisotopic (exact) mass is 337 g/mol. The highest BCUT2D eigenvalue weighted by Gasteiger charge is 2.15. The fourth-order valence-electron chi connectivity index (χ4n) is 2.40. The highest BCUT2D eigenvalue weighted by molar-refractivity contribution is 5.51. The van der Waals surface area contributed by atoms with Crippen molar-refractivity contribution in [3.63, 3.8) is 0 Å². The molecule has 3 rings (SSSR count). The van der Waals surface area contributed by atoms with Gasteiger partial charge in [0.05, 0.1) is 0 Å². The van der Waals surface area contributed by atoms with Crippen molar-refractivity contribution in [3.05, 3.63) is 68.8 Å². The summed E-state index contributed by atoms with van der Waals surface area (Å²) in [4.78, 5) is 28.4. The van der Waals surface area contributed by atoms with Crippen molar-refractivity contribution in [2.75, 3.05) is 5.32 Å². The van der Waals surface area contributed by atoms with Crippen LogP contribution in [0.4, 0.5) is 5.82 Å². The zero-order chi connectivity index (χ0) is 18.0. The average Bonchev–Trinajstić information content (AvgIpc) is 3.17. The second-order valence-corrected chi connectivity index (χ2v) is 5.37. The van der Waals surface area contributed by atoms with Crippen LogP contribution in [-0.2, 0) is 20.6 Å². The molecule has 0 aliphatic rings. The second kappa shape index (κ2) is 6.45. The number of anilines is 1. The maximum atomic E-state index is 12.0. The van der Waals surface area contributed by atoms with E-state index in [0.29, 0.717) is 12.4 Å². The Morgan fingerprint density at radius 1 is 1.24 bits per heavy atom.